The highest BCUT2D eigenvalue weighted by Gasteiger charge is 1.98. The molecule has 1 atom stereocenters. The molecule has 3 heteroatoms. The topological polar surface area (TPSA) is 60.2 Å². The molecule has 0 saturated heterocycles. The Bertz CT molecular complexity index is 93.1. The fourth-order valence-electron chi connectivity index (χ4n) is 0.524. The minimum Gasteiger partial charge on any atom is -0.327 e. The Balaban J connectivity index is 3.14. The number of nitrogens with two attached hydrogens (primary N) is 1. The molecule has 0 rings (SSSR count). The van der Waals surface area contributed by atoms with Gasteiger partial charge in [0.25, 0.3) is 0 Å². The molecule has 0 bridgehead atoms. The molecular formula is C6H11NO2. The van der Waals surface area contributed by atoms with Gasteiger partial charge in [-0.3, -0.25) is 0 Å². The molecule has 0 aliphatic carbocycles. The lowest BCUT2D eigenvalue weighted by molar-refractivity contribution is -0.109. The Kier molecular flexibility index (Phi) is 5.01. The van der Waals surface area contributed by atoms with Gasteiger partial charge in [0.2, 0.25) is 0 Å². The summed E-state index contributed by atoms with van der Waals surface area (Å²) in [6, 6.07) is -0.132. The van der Waals surface area contributed by atoms with Gasteiger partial charge in [-0.15, -0.1) is 0 Å². The zero-order valence-corrected chi connectivity index (χ0v) is 5.25. The molecule has 0 spiro atoms. The Labute approximate surface area is 54.2 Å². The highest BCUT2D eigenvalue weighted by Crippen LogP contribution is 1.93. The predicted octanol–water partition coefficient (Wildman–Crippen LogP) is -0.118. The van der Waals surface area contributed by atoms with Gasteiger partial charge in [-0.05, 0) is 6.42 Å². The number of hydrogen-bond donors (Lipinski definition) is 1. The standard InChI is InChI=1S/C6H11NO2/c7-6(3-5-9)2-1-4-8/h4-6H,1-3,7H2/t6-/m0/s1. The molecule has 2 N–H and O–H groups in total. The van der Waals surface area contributed by atoms with Crippen LogP contribution in [0.15, 0.2) is 0 Å². The molecule has 0 aliphatic heterocycles. The molecule has 0 aromatic heterocycles. The van der Waals surface area contributed by atoms with Gasteiger partial charge in [0.1, 0.15) is 12.6 Å². The van der Waals surface area contributed by atoms with Crippen LogP contribution < -0.4 is 5.73 Å². The molecule has 0 radical (unpaired) electrons. The van der Waals surface area contributed by atoms with Crippen LogP contribution in [0.3, 0.4) is 0 Å². The molecule has 52 valence electrons. The number of carbonyl (C=O) groups is 2. The summed E-state index contributed by atoms with van der Waals surface area (Å²) in [7, 11) is 0. The third-order valence-corrected chi connectivity index (χ3v) is 1.05. The van der Waals surface area contributed by atoms with Gasteiger partial charge >= 0.3 is 0 Å². The molecule has 9 heavy (non-hydrogen) atoms. The summed E-state index contributed by atoms with van der Waals surface area (Å²) >= 11 is 0. The Morgan fingerprint density at radius 3 is 2.44 bits per heavy atom. The van der Waals surface area contributed by atoms with Crippen molar-refractivity contribution < 1.29 is 9.59 Å². The zero-order valence-electron chi connectivity index (χ0n) is 5.25. The third kappa shape index (κ3) is 5.17. The van der Waals surface area contributed by atoms with Crippen LogP contribution in [0, 0.1) is 0 Å². The third-order valence-electron chi connectivity index (χ3n) is 1.05. The smallest absolute Gasteiger partial charge is 0.121 e. The highest BCUT2D eigenvalue weighted by molar-refractivity contribution is 5.51. The molecular weight excluding hydrogens is 118 g/mol. The van der Waals surface area contributed by atoms with E-state index >= 15 is 0 Å². The van der Waals surface area contributed by atoms with Gasteiger partial charge < -0.3 is 15.3 Å². The molecule has 0 amide bonds. The van der Waals surface area contributed by atoms with E-state index in [-0.39, 0.29) is 6.04 Å². The van der Waals surface area contributed by atoms with E-state index in [2.05, 4.69) is 0 Å². The first-order chi connectivity index (χ1) is 4.31. The average molecular weight is 129 g/mol. The van der Waals surface area contributed by atoms with Crippen molar-refractivity contribution in [1.29, 1.82) is 0 Å². The Morgan fingerprint density at radius 2 is 2.00 bits per heavy atom. The SMILES string of the molecule is N[C@H](CC=O)CCC=O. The first kappa shape index (κ1) is 8.30. The second kappa shape index (κ2) is 5.44. The number of hydrogen-bond acceptors (Lipinski definition) is 3. The summed E-state index contributed by atoms with van der Waals surface area (Å²) in [5, 5.41) is 0. The van der Waals surface area contributed by atoms with Crippen LogP contribution in [0.25, 0.3) is 0 Å². The van der Waals surface area contributed by atoms with E-state index in [4.69, 9.17) is 5.73 Å². The second-order valence-electron chi connectivity index (χ2n) is 1.91. The minimum atomic E-state index is -0.132. The van der Waals surface area contributed by atoms with Crippen LogP contribution in [0.4, 0.5) is 0 Å². The molecule has 0 aromatic rings. The lowest BCUT2D eigenvalue weighted by atomic mass is 10.1. The summed E-state index contributed by atoms with van der Waals surface area (Å²) in [6.45, 7) is 0. The van der Waals surface area contributed by atoms with Gasteiger partial charge in [0.15, 0.2) is 0 Å². The van der Waals surface area contributed by atoms with Crippen LogP contribution >= 0.6 is 0 Å². The number of carbonyl (C=O) groups excluding carboxylic acids is 2. The number of aldehydes is 2. The lowest BCUT2D eigenvalue weighted by Gasteiger charge is -2.01. The van der Waals surface area contributed by atoms with Crippen LogP contribution in [0.1, 0.15) is 19.3 Å². The van der Waals surface area contributed by atoms with E-state index in [1.807, 2.05) is 0 Å². The maximum absolute atomic E-state index is 9.81. The first-order valence-corrected chi connectivity index (χ1v) is 2.94. The maximum Gasteiger partial charge on any atom is 0.121 e. The molecule has 0 aromatic carbocycles. The molecule has 0 unspecified atom stereocenters. The summed E-state index contributed by atoms with van der Waals surface area (Å²) in [5.74, 6) is 0. The fraction of sp³-hybridized carbons (Fsp3) is 0.667. The Hall–Kier alpha value is -0.700. The van der Waals surface area contributed by atoms with Crippen molar-refractivity contribution in [2.75, 3.05) is 0 Å². The first-order valence-electron chi connectivity index (χ1n) is 2.94. The van der Waals surface area contributed by atoms with Crippen LogP contribution in [0.5, 0.6) is 0 Å². The van der Waals surface area contributed by atoms with Gasteiger partial charge in [-0.1, -0.05) is 0 Å². The van der Waals surface area contributed by atoms with Crippen LogP contribution in [0.2, 0.25) is 0 Å². The average Bonchev–Trinajstić information content (AvgIpc) is 1.85. The van der Waals surface area contributed by atoms with Crippen molar-refractivity contribution in [3.05, 3.63) is 0 Å². The summed E-state index contributed by atoms with van der Waals surface area (Å²) in [6.07, 6.45) is 3.01. The minimum absolute atomic E-state index is 0.132. The molecule has 3 nitrogen and oxygen atoms in total. The highest BCUT2D eigenvalue weighted by atomic mass is 16.1. The monoisotopic (exact) mass is 129 g/mol. The van der Waals surface area contributed by atoms with Gasteiger partial charge in [-0.25, -0.2) is 0 Å². The largest absolute Gasteiger partial charge is 0.327 e. The molecule has 0 fully saturated rings. The normalized spacial score (nSPS) is 12.6. The van der Waals surface area contributed by atoms with Crippen molar-refractivity contribution in [2.45, 2.75) is 25.3 Å². The van der Waals surface area contributed by atoms with Crippen molar-refractivity contribution in [2.24, 2.45) is 5.73 Å². The maximum atomic E-state index is 9.81. The fourth-order valence-corrected chi connectivity index (χ4v) is 0.524. The summed E-state index contributed by atoms with van der Waals surface area (Å²) < 4.78 is 0. The van der Waals surface area contributed by atoms with E-state index in [0.29, 0.717) is 19.3 Å². The van der Waals surface area contributed by atoms with Crippen molar-refractivity contribution in [3.63, 3.8) is 0 Å². The summed E-state index contributed by atoms with van der Waals surface area (Å²) in [4.78, 5) is 19.6. The quantitative estimate of drug-likeness (QED) is 0.526. The van der Waals surface area contributed by atoms with Crippen LogP contribution in [-0.2, 0) is 9.59 Å². The molecule has 0 saturated carbocycles. The lowest BCUT2D eigenvalue weighted by Crippen LogP contribution is -2.19. The van der Waals surface area contributed by atoms with E-state index in [1.54, 1.807) is 0 Å². The van der Waals surface area contributed by atoms with Gasteiger partial charge in [0, 0.05) is 18.9 Å². The van der Waals surface area contributed by atoms with E-state index in [9.17, 15) is 9.59 Å². The molecule has 0 heterocycles. The number of rotatable bonds is 5. The van der Waals surface area contributed by atoms with E-state index in [0.717, 1.165) is 12.6 Å². The zero-order chi connectivity index (χ0) is 7.11. The van der Waals surface area contributed by atoms with Crippen LogP contribution in [-0.4, -0.2) is 18.6 Å². The van der Waals surface area contributed by atoms with Crippen molar-refractivity contribution >= 4 is 12.6 Å². The molecule has 0 aliphatic rings. The second-order valence-corrected chi connectivity index (χ2v) is 1.91. The van der Waals surface area contributed by atoms with Gasteiger partial charge in [0.05, 0.1) is 0 Å². The van der Waals surface area contributed by atoms with Gasteiger partial charge in [-0.2, -0.15) is 0 Å². The van der Waals surface area contributed by atoms with Crippen molar-refractivity contribution in [3.8, 4) is 0 Å². The van der Waals surface area contributed by atoms with E-state index < -0.39 is 0 Å². The Morgan fingerprint density at radius 1 is 1.33 bits per heavy atom. The van der Waals surface area contributed by atoms with E-state index in [1.165, 1.54) is 0 Å². The van der Waals surface area contributed by atoms with Crippen molar-refractivity contribution in [1.82, 2.24) is 0 Å². The summed E-state index contributed by atoms with van der Waals surface area (Å²) in [5.41, 5.74) is 5.38. The predicted molar refractivity (Wildman–Crippen MR) is 34.0 cm³/mol.